The molecule has 1 aliphatic heterocycles. The average Bonchev–Trinajstić information content (AvgIpc) is 2.33. The summed E-state index contributed by atoms with van der Waals surface area (Å²) in [5, 5.41) is 12.0. The quantitative estimate of drug-likeness (QED) is 0.847. The molecule has 1 atom stereocenters. The fourth-order valence-corrected chi connectivity index (χ4v) is 3.86. The lowest BCUT2D eigenvalue weighted by molar-refractivity contribution is 0.475. The molecule has 0 amide bonds. The third-order valence-electron chi connectivity index (χ3n) is 3.06. The molecule has 1 unspecified atom stereocenters. The molecule has 1 saturated heterocycles. The van der Waals surface area contributed by atoms with Crippen LogP contribution in [0.2, 0.25) is 0 Å². The minimum Gasteiger partial charge on any atom is -0.508 e. The maximum atomic E-state index is 12.1. The van der Waals surface area contributed by atoms with Crippen LogP contribution < -0.4 is 5.32 Å². The smallest absolute Gasteiger partial charge is 0.158 e. The minimum absolute atomic E-state index is 0.0552. The Kier molecular flexibility index (Phi) is 3.69. The van der Waals surface area contributed by atoms with Crippen LogP contribution in [0.25, 0.3) is 0 Å². The molecule has 94 valence electrons. The summed E-state index contributed by atoms with van der Waals surface area (Å²) in [7, 11) is -3.09. The van der Waals surface area contributed by atoms with Crippen molar-refractivity contribution in [2.45, 2.75) is 23.8 Å². The summed E-state index contributed by atoms with van der Waals surface area (Å²) in [6.45, 7) is 1.46. The van der Waals surface area contributed by atoms with Crippen LogP contribution in [0.4, 0.5) is 0 Å². The Bertz CT molecular complexity index is 461. The average molecular weight is 255 g/mol. The van der Waals surface area contributed by atoms with Gasteiger partial charge in [-0.15, -0.1) is 0 Å². The summed E-state index contributed by atoms with van der Waals surface area (Å²) in [4.78, 5) is 0. The van der Waals surface area contributed by atoms with Crippen LogP contribution >= 0.6 is 0 Å². The van der Waals surface area contributed by atoms with E-state index >= 15 is 0 Å². The molecule has 1 aromatic rings. The van der Waals surface area contributed by atoms with Gasteiger partial charge in [0.2, 0.25) is 0 Å². The molecule has 0 aliphatic carbocycles. The first-order valence-corrected chi connectivity index (χ1v) is 7.50. The molecular weight excluding hydrogens is 238 g/mol. The third-order valence-corrected chi connectivity index (χ3v) is 5.22. The molecule has 1 aliphatic rings. The Balaban J connectivity index is 2.08. The minimum atomic E-state index is -3.09. The van der Waals surface area contributed by atoms with E-state index in [2.05, 4.69) is 5.32 Å². The molecule has 4 nitrogen and oxygen atoms in total. The topological polar surface area (TPSA) is 66.4 Å². The van der Waals surface area contributed by atoms with Crippen molar-refractivity contribution in [1.29, 1.82) is 0 Å². The van der Waals surface area contributed by atoms with Crippen LogP contribution in [0, 0.1) is 0 Å². The third kappa shape index (κ3) is 3.20. The number of rotatable bonds is 3. The highest BCUT2D eigenvalue weighted by molar-refractivity contribution is 7.91. The zero-order chi connectivity index (χ0) is 12.3. The number of phenolic OH excluding ortho intramolecular Hbond substituents is 1. The van der Waals surface area contributed by atoms with Crippen molar-refractivity contribution in [3.8, 4) is 5.75 Å². The van der Waals surface area contributed by atoms with Gasteiger partial charge in [0.05, 0.1) is 11.0 Å². The fraction of sp³-hybridized carbons (Fsp3) is 0.500. The van der Waals surface area contributed by atoms with Crippen LogP contribution in [-0.4, -0.2) is 31.9 Å². The van der Waals surface area contributed by atoms with Gasteiger partial charge in [0.25, 0.3) is 0 Å². The standard InChI is InChI=1S/C12H17NO3S/c14-11-5-3-10(4-6-11)9-17(15,16)12-2-1-7-13-8-12/h3-6,12-14H,1-2,7-9H2. The van der Waals surface area contributed by atoms with E-state index in [-0.39, 0.29) is 16.8 Å². The maximum absolute atomic E-state index is 12.1. The van der Waals surface area contributed by atoms with Gasteiger partial charge < -0.3 is 10.4 Å². The zero-order valence-corrected chi connectivity index (χ0v) is 10.4. The number of benzene rings is 1. The number of nitrogens with one attached hydrogen (secondary N) is 1. The van der Waals surface area contributed by atoms with E-state index in [9.17, 15) is 8.42 Å². The van der Waals surface area contributed by atoms with E-state index in [0.717, 1.165) is 24.9 Å². The van der Waals surface area contributed by atoms with Gasteiger partial charge in [-0.05, 0) is 37.1 Å². The molecule has 2 rings (SSSR count). The number of aromatic hydroxyl groups is 1. The maximum Gasteiger partial charge on any atom is 0.158 e. The van der Waals surface area contributed by atoms with E-state index < -0.39 is 9.84 Å². The second-order valence-electron chi connectivity index (χ2n) is 4.44. The van der Waals surface area contributed by atoms with E-state index in [4.69, 9.17) is 5.11 Å². The predicted molar refractivity (Wildman–Crippen MR) is 66.6 cm³/mol. The normalized spacial score (nSPS) is 21.3. The van der Waals surface area contributed by atoms with Crippen molar-refractivity contribution in [3.63, 3.8) is 0 Å². The molecule has 2 N–H and O–H groups in total. The van der Waals surface area contributed by atoms with Crippen LogP contribution in [0.5, 0.6) is 5.75 Å². The Labute approximate surface area is 102 Å². The number of phenols is 1. The van der Waals surface area contributed by atoms with Crippen molar-refractivity contribution in [2.75, 3.05) is 13.1 Å². The lowest BCUT2D eigenvalue weighted by Crippen LogP contribution is -2.39. The van der Waals surface area contributed by atoms with Crippen LogP contribution in [-0.2, 0) is 15.6 Å². The van der Waals surface area contributed by atoms with Gasteiger partial charge in [-0.25, -0.2) is 8.42 Å². The molecule has 1 heterocycles. The van der Waals surface area contributed by atoms with Gasteiger partial charge in [0.1, 0.15) is 5.75 Å². The van der Waals surface area contributed by atoms with Crippen molar-refractivity contribution >= 4 is 9.84 Å². The Morgan fingerprint density at radius 1 is 1.29 bits per heavy atom. The monoisotopic (exact) mass is 255 g/mol. The van der Waals surface area contributed by atoms with Gasteiger partial charge in [-0.2, -0.15) is 0 Å². The Morgan fingerprint density at radius 2 is 2.00 bits per heavy atom. The highest BCUT2D eigenvalue weighted by atomic mass is 32.2. The SMILES string of the molecule is O=S(=O)(Cc1ccc(O)cc1)C1CCCNC1. The summed E-state index contributed by atoms with van der Waals surface area (Å²) in [6, 6.07) is 6.35. The van der Waals surface area contributed by atoms with Gasteiger partial charge in [0.15, 0.2) is 9.84 Å². The molecule has 1 fully saturated rings. The highest BCUT2D eigenvalue weighted by Gasteiger charge is 2.27. The van der Waals surface area contributed by atoms with Crippen LogP contribution in [0.3, 0.4) is 0 Å². The van der Waals surface area contributed by atoms with Crippen molar-refractivity contribution in [2.24, 2.45) is 0 Å². The molecule has 0 aromatic heterocycles. The van der Waals surface area contributed by atoms with E-state index in [1.54, 1.807) is 12.1 Å². The Morgan fingerprint density at radius 3 is 2.59 bits per heavy atom. The van der Waals surface area contributed by atoms with Crippen molar-refractivity contribution < 1.29 is 13.5 Å². The van der Waals surface area contributed by atoms with Crippen molar-refractivity contribution in [1.82, 2.24) is 5.32 Å². The molecule has 0 spiro atoms. The van der Waals surface area contributed by atoms with Crippen LogP contribution in [0.15, 0.2) is 24.3 Å². The molecule has 17 heavy (non-hydrogen) atoms. The summed E-state index contributed by atoms with van der Waals surface area (Å²) >= 11 is 0. The van der Waals surface area contributed by atoms with Gasteiger partial charge in [-0.1, -0.05) is 12.1 Å². The number of hydrogen-bond acceptors (Lipinski definition) is 4. The van der Waals surface area contributed by atoms with Gasteiger partial charge in [0, 0.05) is 6.54 Å². The fourth-order valence-electron chi connectivity index (χ4n) is 2.07. The predicted octanol–water partition coefficient (Wildman–Crippen LogP) is 1.06. The van der Waals surface area contributed by atoms with Gasteiger partial charge >= 0.3 is 0 Å². The number of sulfone groups is 1. The molecule has 1 aromatic carbocycles. The summed E-state index contributed by atoms with van der Waals surface area (Å²) in [6.07, 6.45) is 1.66. The first-order chi connectivity index (χ1) is 8.08. The number of hydrogen-bond donors (Lipinski definition) is 2. The summed E-state index contributed by atoms with van der Waals surface area (Å²) in [5.41, 5.74) is 0.730. The van der Waals surface area contributed by atoms with E-state index in [1.807, 2.05) is 0 Å². The summed E-state index contributed by atoms with van der Waals surface area (Å²) in [5.74, 6) is 0.213. The molecule has 0 radical (unpaired) electrons. The van der Waals surface area contributed by atoms with Crippen LogP contribution in [0.1, 0.15) is 18.4 Å². The second-order valence-corrected chi connectivity index (χ2v) is 6.72. The molecule has 0 bridgehead atoms. The number of piperidine rings is 1. The first-order valence-electron chi connectivity index (χ1n) is 5.78. The zero-order valence-electron chi connectivity index (χ0n) is 9.59. The molecular formula is C12H17NO3S. The molecule has 0 saturated carbocycles. The second kappa shape index (κ2) is 5.06. The largest absolute Gasteiger partial charge is 0.508 e. The van der Waals surface area contributed by atoms with E-state index in [0.29, 0.717) is 6.54 Å². The van der Waals surface area contributed by atoms with Gasteiger partial charge in [-0.3, -0.25) is 0 Å². The first kappa shape index (κ1) is 12.4. The lowest BCUT2D eigenvalue weighted by Gasteiger charge is -2.22. The summed E-state index contributed by atoms with van der Waals surface area (Å²) < 4.78 is 24.3. The Hall–Kier alpha value is -1.07. The molecule has 5 heteroatoms. The van der Waals surface area contributed by atoms with E-state index in [1.165, 1.54) is 12.1 Å². The highest BCUT2D eigenvalue weighted by Crippen LogP contribution is 2.18. The lowest BCUT2D eigenvalue weighted by atomic mass is 10.2. The van der Waals surface area contributed by atoms with Crippen molar-refractivity contribution in [3.05, 3.63) is 29.8 Å².